The number of anilines is 1. The van der Waals surface area contributed by atoms with E-state index >= 15 is 0 Å². The highest BCUT2D eigenvalue weighted by atomic mass is 35.5. The minimum absolute atomic E-state index is 0.365. The number of benzene rings is 2. The molecule has 1 aliphatic rings. The summed E-state index contributed by atoms with van der Waals surface area (Å²) >= 11 is 7.35. The standard InChI is InChI=1S/C19H15ClN2O4S/c1-24-14-8-7-12-15(16(14)25-2)18(23)26-17(12)22-19-21-13(9-27-19)10-3-5-11(20)6-4-10/h3-9,17H,1-2H3,(H,21,22). The van der Waals surface area contributed by atoms with Crippen molar-refractivity contribution in [2.24, 2.45) is 0 Å². The van der Waals surface area contributed by atoms with Crippen molar-refractivity contribution >= 4 is 34.0 Å². The Morgan fingerprint density at radius 1 is 1.15 bits per heavy atom. The van der Waals surface area contributed by atoms with Gasteiger partial charge in [0.05, 0.1) is 19.9 Å². The number of hydrogen-bond acceptors (Lipinski definition) is 7. The molecule has 0 bridgehead atoms. The van der Waals surface area contributed by atoms with Crippen LogP contribution in [0.2, 0.25) is 5.02 Å². The van der Waals surface area contributed by atoms with Gasteiger partial charge >= 0.3 is 5.97 Å². The molecule has 0 spiro atoms. The van der Waals surface area contributed by atoms with Crippen LogP contribution in [0, 0.1) is 0 Å². The molecule has 8 heteroatoms. The number of hydrogen-bond donors (Lipinski definition) is 1. The summed E-state index contributed by atoms with van der Waals surface area (Å²) in [5, 5.41) is 6.40. The number of cyclic esters (lactones) is 1. The van der Waals surface area contributed by atoms with Gasteiger partial charge in [0.25, 0.3) is 0 Å². The van der Waals surface area contributed by atoms with Crippen LogP contribution in [0.3, 0.4) is 0 Å². The second-order valence-corrected chi connectivity index (χ2v) is 7.03. The lowest BCUT2D eigenvalue weighted by Crippen LogP contribution is -2.10. The van der Waals surface area contributed by atoms with Crippen LogP contribution in [0.5, 0.6) is 11.5 Å². The van der Waals surface area contributed by atoms with Crippen molar-refractivity contribution in [3.8, 4) is 22.8 Å². The Kier molecular flexibility index (Phi) is 4.63. The van der Waals surface area contributed by atoms with Crippen molar-refractivity contribution in [1.29, 1.82) is 0 Å². The minimum Gasteiger partial charge on any atom is -0.493 e. The number of fused-ring (bicyclic) bond motifs is 1. The zero-order valence-electron chi connectivity index (χ0n) is 14.5. The van der Waals surface area contributed by atoms with Crippen LogP contribution in [0.1, 0.15) is 22.1 Å². The summed E-state index contributed by atoms with van der Waals surface area (Å²) in [7, 11) is 3.01. The van der Waals surface area contributed by atoms with Crippen LogP contribution in [0.15, 0.2) is 41.8 Å². The number of carbonyl (C=O) groups excluding carboxylic acids is 1. The van der Waals surface area contributed by atoms with Gasteiger partial charge in [-0.25, -0.2) is 9.78 Å². The molecule has 0 fully saturated rings. The Labute approximate surface area is 164 Å². The van der Waals surface area contributed by atoms with Crippen LogP contribution in [-0.4, -0.2) is 25.2 Å². The number of nitrogens with one attached hydrogen (secondary N) is 1. The largest absolute Gasteiger partial charge is 0.493 e. The van der Waals surface area contributed by atoms with Crippen molar-refractivity contribution < 1.29 is 19.0 Å². The predicted molar refractivity (Wildman–Crippen MR) is 104 cm³/mol. The van der Waals surface area contributed by atoms with Crippen LogP contribution < -0.4 is 14.8 Å². The second-order valence-electron chi connectivity index (χ2n) is 5.74. The van der Waals surface area contributed by atoms with Gasteiger partial charge in [-0.15, -0.1) is 11.3 Å². The summed E-state index contributed by atoms with van der Waals surface area (Å²) in [6.45, 7) is 0. The van der Waals surface area contributed by atoms with Gasteiger partial charge in [-0.05, 0) is 24.3 Å². The Morgan fingerprint density at radius 3 is 2.63 bits per heavy atom. The molecule has 1 atom stereocenters. The maximum atomic E-state index is 12.3. The van der Waals surface area contributed by atoms with Crippen molar-refractivity contribution in [2.75, 3.05) is 19.5 Å². The van der Waals surface area contributed by atoms with Gasteiger partial charge < -0.3 is 19.5 Å². The molecular weight excluding hydrogens is 388 g/mol. The van der Waals surface area contributed by atoms with Crippen LogP contribution >= 0.6 is 22.9 Å². The number of methoxy groups -OCH3 is 2. The molecule has 0 aliphatic carbocycles. The van der Waals surface area contributed by atoms with Crippen molar-refractivity contribution in [3.05, 3.63) is 57.9 Å². The molecule has 27 heavy (non-hydrogen) atoms. The Morgan fingerprint density at radius 2 is 1.93 bits per heavy atom. The van der Waals surface area contributed by atoms with Crippen molar-refractivity contribution in [3.63, 3.8) is 0 Å². The Bertz CT molecular complexity index is 1000. The molecule has 6 nitrogen and oxygen atoms in total. The first-order valence-corrected chi connectivity index (χ1v) is 9.30. The summed E-state index contributed by atoms with van der Waals surface area (Å²) in [6, 6.07) is 11.0. The first-order chi connectivity index (χ1) is 13.1. The number of esters is 1. The van der Waals surface area contributed by atoms with Gasteiger partial charge in [0, 0.05) is 21.5 Å². The number of rotatable bonds is 5. The molecule has 2 heterocycles. The fraction of sp³-hybridized carbons (Fsp3) is 0.158. The molecule has 138 valence electrons. The van der Waals surface area contributed by atoms with E-state index in [1.807, 2.05) is 29.6 Å². The Hall–Kier alpha value is -2.77. The zero-order chi connectivity index (χ0) is 19.0. The topological polar surface area (TPSA) is 69.7 Å². The lowest BCUT2D eigenvalue weighted by atomic mass is 10.1. The van der Waals surface area contributed by atoms with Gasteiger partial charge in [-0.1, -0.05) is 23.7 Å². The first kappa shape index (κ1) is 17.6. The van der Waals surface area contributed by atoms with E-state index in [4.69, 9.17) is 25.8 Å². The molecule has 1 N–H and O–H groups in total. The van der Waals surface area contributed by atoms with E-state index < -0.39 is 12.2 Å². The monoisotopic (exact) mass is 402 g/mol. The number of halogens is 1. The smallest absolute Gasteiger partial charge is 0.344 e. The molecule has 3 aromatic rings. The van der Waals surface area contributed by atoms with E-state index in [1.54, 1.807) is 12.1 Å². The average molecular weight is 403 g/mol. The highest BCUT2D eigenvalue weighted by molar-refractivity contribution is 7.14. The van der Waals surface area contributed by atoms with E-state index in [-0.39, 0.29) is 0 Å². The lowest BCUT2D eigenvalue weighted by molar-refractivity contribution is 0.0435. The summed E-state index contributed by atoms with van der Waals surface area (Å²) < 4.78 is 16.1. The van der Waals surface area contributed by atoms with Gasteiger partial charge in [0.2, 0.25) is 6.23 Å². The van der Waals surface area contributed by atoms with Crippen LogP contribution in [0.25, 0.3) is 11.3 Å². The lowest BCUT2D eigenvalue weighted by Gasteiger charge is -2.13. The van der Waals surface area contributed by atoms with Gasteiger partial charge in [-0.3, -0.25) is 0 Å². The van der Waals surface area contributed by atoms with E-state index in [1.165, 1.54) is 25.6 Å². The second kappa shape index (κ2) is 7.09. The third kappa shape index (κ3) is 3.20. The number of ether oxygens (including phenoxy) is 3. The van der Waals surface area contributed by atoms with Gasteiger partial charge in [0.1, 0.15) is 5.56 Å². The fourth-order valence-corrected chi connectivity index (χ4v) is 3.78. The number of aromatic nitrogens is 1. The quantitative estimate of drug-likeness (QED) is 0.620. The molecule has 4 rings (SSSR count). The fourth-order valence-electron chi connectivity index (χ4n) is 2.91. The molecule has 0 saturated heterocycles. The predicted octanol–water partition coefficient (Wildman–Crippen LogP) is 4.76. The van der Waals surface area contributed by atoms with Crippen molar-refractivity contribution in [1.82, 2.24) is 4.98 Å². The zero-order valence-corrected chi connectivity index (χ0v) is 16.1. The number of thiazole rings is 1. The summed E-state index contributed by atoms with van der Waals surface area (Å²) in [4.78, 5) is 16.9. The maximum absolute atomic E-state index is 12.3. The average Bonchev–Trinajstić information content (AvgIpc) is 3.27. The van der Waals surface area contributed by atoms with E-state index in [9.17, 15) is 4.79 Å². The molecule has 0 saturated carbocycles. The minimum atomic E-state index is -0.642. The Balaban J connectivity index is 1.61. The maximum Gasteiger partial charge on any atom is 0.344 e. The summed E-state index contributed by atoms with van der Waals surface area (Å²) in [6.07, 6.45) is -0.642. The molecule has 0 radical (unpaired) electrons. The normalized spacial score (nSPS) is 15.2. The third-order valence-electron chi connectivity index (χ3n) is 4.19. The highest BCUT2D eigenvalue weighted by Gasteiger charge is 2.36. The molecule has 0 amide bonds. The first-order valence-electron chi connectivity index (χ1n) is 8.04. The number of carbonyl (C=O) groups is 1. The van der Waals surface area contributed by atoms with Crippen LogP contribution in [0.4, 0.5) is 5.13 Å². The SMILES string of the molecule is COc1ccc2c(c1OC)C(=O)OC2Nc1nc(-c2ccc(Cl)cc2)cs1. The van der Waals surface area contributed by atoms with Gasteiger partial charge in [-0.2, -0.15) is 0 Å². The summed E-state index contributed by atoms with van der Waals surface area (Å²) in [5.41, 5.74) is 2.82. The van der Waals surface area contributed by atoms with E-state index in [0.717, 1.165) is 11.3 Å². The summed E-state index contributed by atoms with van der Waals surface area (Å²) in [5.74, 6) is 0.381. The molecule has 1 unspecified atom stereocenters. The number of nitrogens with zero attached hydrogens (tertiary/aromatic N) is 1. The van der Waals surface area contributed by atoms with E-state index in [0.29, 0.717) is 32.8 Å². The molecular formula is C19H15ClN2O4S. The molecule has 1 aromatic heterocycles. The third-order valence-corrected chi connectivity index (χ3v) is 5.21. The molecule has 2 aromatic carbocycles. The van der Waals surface area contributed by atoms with Gasteiger partial charge in [0.15, 0.2) is 16.6 Å². The van der Waals surface area contributed by atoms with E-state index in [2.05, 4.69) is 10.3 Å². The molecule has 1 aliphatic heterocycles. The highest BCUT2D eigenvalue weighted by Crippen LogP contribution is 2.42. The van der Waals surface area contributed by atoms with Crippen LogP contribution in [-0.2, 0) is 4.74 Å². The van der Waals surface area contributed by atoms with Crippen molar-refractivity contribution in [2.45, 2.75) is 6.23 Å².